The minimum absolute atomic E-state index is 0.221. The predicted molar refractivity (Wildman–Crippen MR) is 87.0 cm³/mol. The fourth-order valence-electron chi connectivity index (χ4n) is 1.94. The van der Waals surface area contributed by atoms with E-state index in [0.717, 1.165) is 31.2 Å². The van der Waals surface area contributed by atoms with Crippen LogP contribution in [0.4, 0.5) is 0 Å². The lowest BCUT2D eigenvalue weighted by atomic mass is 10.2. The average molecular weight is 322 g/mol. The van der Waals surface area contributed by atoms with Crippen molar-refractivity contribution >= 4 is 11.9 Å². The highest BCUT2D eigenvalue weighted by Gasteiger charge is 2.07. The number of unbranched alkanes of at least 4 members (excludes halogenated alkanes) is 3. The van der Waals surface area contributed by atoms with Gasteiger partial charge in [-0.1, -0.05) is 56.5 Å². The maximum absolute atomic E-state index is 11.4. The molecule has 1 aromatic rings. The number of benzene rings is 1. The van der Waals surface area contributed by atoms with Gasteiger partial charge in [-0.05, 0) is 12.0 Å². The van der Waals surface area contributed by atoms with Gasteiger partial charge in [0.1, 0.15) is 13.2 Å². The Morgan fingerprint density at radius 1 is 0.870 bits per heavy atom. The molecule has 1 rings (SSSR count). The summed E-state index contributed by atoms with van der Waals surface area (Å²) < 4.78 is 15.0. The molecule has 0 saturated heterocycles. The summed E-state index contributed by atoms with van der Waals surface area (Å²) in [4.78, 5) is 22.8. The van der Waals surface area contributed by atoms with Crippen LogP contribution in [0.2, 0.25) is 0 Å². The molecule has 5 heteroatoms. The maximum Gasteiger partial charge on any atom is 0.332 e. The van der Waals surface area contributed by atoms with E-state index in [9.17, 15) is 9.59 Å². The quantitative estimate of drug-likeness (QED) is 0.437. The molecule has 0 heterocycles. The fraction of sp³-hybridized carbons (Fsp3) is 0.556. The summed E-state index contributed by atoms with van der Waals surface area (Å²) in [6.45, 7) is 2.37. The lowest BCUT2D eigenvalue weighted by Gasteiger charge is -2.07. The molecule has 0 aromatic heterocycles. The van der Waals surface area contributed by atoms with Crippen LogP contribution in [0, 0.1) is 0 Å². The molecule has 128 valence electrons. The van der Waals surface area contributed by atoms with Crippen molar-refractivity contribution in [1.29, 1.82) is 0 Å². The van der Waals surface area contributed by atoms with Crippen molar-refractivity contribution in [2.45, 2.75) is 39.0 Å². The molecule has 0 bridgehead atoms. The second-order valence-corrected chi connectivity index (χ2v) is 5.23. The minimum Gasteiger partial charge on any atom is -0.464 e. The molecule has 0 aliphatic heterocycles. The highest BCUT2D eigenvalue weighted by Crippen LogP contribution is 2.00. The Kier molecular flexibility index (Phi) is 10.5. The van der Waals surface area contributed by atoms with Crippen LogP contribution < -0.4 is 0 Å². The van der Waals surface area contributed by atoms with E-state index in [1.165, 1.54) is 0 Å². The molecule has 5 nitrogen and oxygen atoms in total. The average Bonchev–Trinajstić information content (AvgIpc) is 2.55. The third-order valence-electron chi connectivity index (χ3n) is 3.20. The summed E-state index contributed by atoms with van der Waals surface area (Å²) in [7, 11) is 0. The number of carbonyl (C=O) groups is 2. The first-order valence-electron chi connectivity index (χ1n) is 8.15. The normalized spacial score (nSPS) is 10.3. The van der Waals surface area contributed by atoms with Crippen LogP contribution in [-0.2, 0) is 30.2 Å². The number of ether oxygens (including phenoxy) is 3. The van der Waals surface area contributed by atoms with Crippen molar-refractivity contribution in [2.24, 2.45) is 0 Å². The van der Waals surface area contributed by atoms with Gasteiger partial charge in [0, 0.05) is 6.42 Å². The van der Waals surface area contributed by atoms with Crippen LogP contribution in [0.25, 0.3) is 0 Å². The molecule has 0 aliphatic rings. The van der Waals surface area contributed by atoms with Crippen molar-refractivity contribution in [3.8, 4) is 0 Å². The topological polar surface area (TPSA) is 61.8 Å². The van der Waals surface area contributed by atoms with Gasteiger partial charge in [0.15, 0.2) is 0 Å². The van der Waals surface area contributed by atoms with Crippen LogP contribution in [0.1, 0.15) is 38.2 Å². The molecule has 0 unspecified atom stereocenters. The van der Waals surface area contributed by atoms with Crippen LogP contribution >= 0.6 is 0 Å². The lowest BCUT2D eigenvalue weighted by Crippen LogP contribution is -2.19. The number of esters is 2. The number of hydrogen-bond acceptors (Lipinski definition) is 5. The van der Waals surface area contributed by atoms with Crippen LogP contribution in [0.3, 0.4) is 0 Å². The van der Waals surface area contributed by atoms with E-state index in [1.807, 2.05) is 30.3 Å². The zero-order valence-electron chi connectivity index (χ0n) is 13.8. The van der Waals surface area contributed by atoms with Gasteiger partial charge in [-0.2, -0.15) is 0 Å². The predicted octanol–water partition coefficient (Wildman–Crippen LogP) is 2.91. The monoisotopic (exact) mass is 322 g/mol. The van der Waals surface area contributed by atoms with E-state index in [0.29, 0.717) is 19.6 Å². The molecule has 0 saturated carbocycles. The molecule has 0 spiro atoms. The molecule has 0 atom stereocenters. The molecular weight excluding hydrogens is 296 g/mol. The van der Waals surface area contributed by atoms with E-state index >= 15 is 0 Å². The second-order valence-electron chi connectivity index (χ2n) is 5.23. The van der Waals surface area contributed by atoms with Crippen molar-refractivity contribution in [3.05, 3.63) is 35.9 Å². The zero-order chi connectivity index (χ0) is 16.8. The summed E-state index contributed by atoms with van der Waals surface area (Å²) in [5.74, 6) is -0.921. The molecule has 0 amide bonds. The van der Waals surface area contributed by atoms with Crippen LogP contribution in [-0.4, -0.2) is 38.4 Å². The third kappa shape index (κ3) is 10.5. The van der Waals surface area contributed by atoms with Crippen molar-refractivity contribution in [3.63, 3.8) is 0 Å². The van der Waals surface area contributed by atoms with Gasteiger partial charge in [0.2, 0.25) is 0 Å². The zero-order valence-corrected chi connectivity index (χ0v) is 13.8. The number of carbonyl (C=O) groups excluding carboxylic acids is 2. The molecule has 1 aromatic carbocycles. The standard InChI is InChI=1S/C18H26O5/c1-2-3-4-8-12-22-17(19)14-21-15-18(20)23-13-11-16-9-6-5-7-10-16/h5-7,9-10H,2-4,8,11-15H2,1H3. The van der Waals surface area contributed by atoms with E-state index in [1.54, 1.807) is 0 Å². The third-order valence-corrected chi connectivity index (χ3v) is 3.20. The molecule has 0 aliphatic carbocycles. The van der Waals surface area contributed by atoms with E-state index < -0.39 is 11.9 Å². The minimum atomic E-state index is -0.475. The van der Waals surface area contributed by atoms with E-state index in [2.05, 4.69) is 6.92 Å². The van der Waals surface area contributed by atoms with Gasteiger partial charge in [-0.15, -0.1) is 0 Å². The Hall–Kier alpha value is -1.88. The Morgan fingerprint density at radius 2 is 1.52 bits per heavy atom. The van der Waals surface area contributed by atoms with Gasteiger partial charge < -0.3 is 14.2 Å². The number of rotatable bonds is 12. The second kappa shape index (κ2) is 12.6. The number of hydrogen-bond donors (Lipinski definition) is 0. The van der Waals surface area contributed by atoms with Gasteiger partial charge in [-0.25, -0.2) is 9.59 Å². The Bertz CT molecular complexity index is 444. The fourth-order valence-corrected chi connectivity index (χ4v) is 1.94. The summed E-state index contributed by atoms with van der Waals surface area (Å²) in [6, 6.07) is 9.76. The van der Waals surface area contributed by atoms with Gasteiger partial charge >= 0.3 is 11.9 Å². The van der Waals surface area contributed by atoms with Gasteiger partial charge in [0.05, 0.1) is 13.2 Å². The molecular formula is C18H26O5. The Morgan fingerprint density at radius 3 is 2.17 bits per heavy atom. The van der Waals surface area contributed by atoms with Gasteiger partial charge in [0.25, 0.3) is 0 Å². The smallest absolute Gasteiger partial charge is 0.332 e. The van der Waals surface area contributed by atoms with Crippen molar-refractivity contribution in [2.75, 3.05) is 26.4 Å². The molecule has 0 radical (unpaired) electrons. The first-order valence-corrected chi connectivity index (χ1v) is 8.15. The SMILES string of the molecule is CCCCCCOC(=O)COCC(=O)OCCc1ccccc1. The van der Waals surface area contributed by atoms with Crippen molar-refractivity contribution < 1.29 is 23.8 Å². The Balaban J connectivity index is 1.97. The molecule has 0 fully saturated rings. The maximum atomic E-state index is 11.4. The Labute approximate surface area is 137 Å². The summed E-state index contributed by atoms with van der Waals surface area (Å²) in [5.41, 5.74) is 1.10. The summed E-state index contributed by atoms with van der Waals surface area (Å²) in [5, 5.41) is 0. The summed E-state index contributed by atoms with van der Waals surface area (Å²) >= 11 is 0. The lowest BCUT2D eigenvalue weighted by molar-refractivity contribution is -0.155. The first-order chi connectivity index (χ1) is 11.2. The van der Waals surface area contributed by atoms with Gasteiger partial charge in [-0.3, -0.25) is 0 Å². The van der Waals surface area contributed by atoms with Crippen molar-refractivity contribution in [1.82, 2.24) is 0 Å². The largest absolute Gasteiger partial charge is 0.464 e. The van der Waals surface area contributed by atoms with E-state index in [4.69, 9.17) is 14.2 Å². The molecule has 23 heavy (non-hydrogen) atoms. The first kappa shape index (κ1) is 19.2. The summed E-state index contributed by atoms with van der Waals surface area (Å²) in [6.07, 6.45) is 4.86. The molecule has 0 N–H and O–H groups in total. The van der Waals surface area contributed by atoms with E-state index in [-0.39, 0.29) is 13.2 Å². The van der Waals surface area contributed by atoms with Crippen LogP contribution in [0.15, 0.2) is 30.3 Å². The highest BCUT2D eigenvalue weighted by molar-refractivity contribution is 5.73. The van der Waals surface area contributed by atoms with Crippen LogP contribution in [0.5, 0.6) is 0 Å². The highest BCUT2D eigenvalue weighted by atomic mass is 16.6.